The maximum absolute atomic E-state index is 13.2. The standard InChI is InChI=1S/C22H30N4O/c1-3-23-17-18-8-7-11-20(16-18)24-22(27)21(19-9-5-4-6-10-19)26-14-12-25(2)13-15-26/h4-11,16,21,23H,3,12-15,17H2,1-2H3,(H,24,27). The van der Waals surface area contributed by atoms with Crippen LogP contribution in [-0.4, -0.2) is 55.5 Å². The Balaban J connectivity index is 1.77. The van der Waals surface area contributed by atoms with E-state index in [-0.39, 0.29) is 11.9 Å². The highest BCUT2D eigenvalue weighted by Gasteiger charge is 2.29. The summed E-state index contributed by atoms with van der Waals surface area (Å²) in [4.78, 5) is 17.8. The number of hydrogen-bond donors (Lipinski definition) is 2. The largest absolute Gasteiger partial charge is 0.324 e. The quantitative estimate of drug-likeness (QED) is 0.791. The van der Waals surface area contributed by atoms with Gasteiger partial charge in [0.2, 0.25) is 5.91 Å². The average Bonchev–Trinajstić information content (AvgIpc) is 2.69. The van der Waals surface area contributed by atoms with Crippen molar-refractivity contribution in [3.8, 4) is 0 Å². The topological polar surface area (TPSA) is 47.6 Å². The van der Waals surface area contributed by atoms with Crippen LogP contribution in [0.2, 0.25) is 0 Å². The van der Waals surface area contributed by atoms with Crippen LogP contribution in [0.15, 0.2) is 54.6 Å². The van der Waals surface area contributed by atoms with Crippen LogP contribution in [0.5, 0.6) is 0 Å². The van der Waals surface area contributed by atoms with Crippen LogP contribution in [0.25, 0.3) is 0 Å². The van der Waals surface area contributed by atoms with Crippen molar-refractivity contribution in [2.24, 2.45) is 0 Å². The molecule has 2 aromatic carbocycles. The maximum Gasteiger partial charge on any atom is 0.246 e. The molecule has 0 bridgehead atoms. The zero-order chi connectivity index (χ0) is 19.1. The number of amides is 1. The lowest BCUT2D eigenvalue weighted by Crippen LogP contribution is -2.48. The van der Waals surface area contributed by atoms with E-state index < -0.39 is 0 Å². The lowest BCUT2D eigenvalue weighted by atomic mass is 10.0. The van der Waals surface area contributed by atoms with Gasteiger partial charge in [-0.1, -0.05) is 49.4 Å². The molecule has 0 saturated carbocycles. The Labute approximate surface area is 162 Å². The second-order valence-electron chi connectivity index (χ2n) is 7.12. The van der Waals surface area contributed by atoms with Gasteiger partial charge >= 0.3 is 0 Å². The van der Waals surface area contributed by atoms with E-state index >= 15 is 0 Å². The molecular weight excluding hydrogens is 336 g/mol. The van der Waals surface area contributed by atoms with E-state index in [2.05, 4.69) is 40.5 Å². The summed E-state index contributed by atoms with van der Waals surface area (Å²) < 4.78 is 0. The Kier molecular flexibility index (Phi) is 6.98. The monoisotopic (exact) mass is 366 g/mol. The fourth-order valence-electron chi connectivity index (χ4n) is 3.48. The molecule has 1 amide bonds. The maximum atomic E-state index is 13.2. The fourth-order valence-corrected chi connectivity index (χ4v) is 3.48. The van der Waals surface area contributed by atoms with Gasteiger partial charge in [-0.15, -0.1) is 0 Å². The number of carbonyl (C=O) groups is 1. The molecule has 5 heteroatoms. The van der Waals surface area contributed by atoms with Gasteiger partial charge in [-0.2, -0.15) is 0 Å². The van der Waals surface area contributed by atoms with E-state index in [4.69, 9.17) is 0 Å². The van der Waals surface area contributed by atoms with Crippen molar-refractivity contribution in [1.82, 2.24) is 15.1 Å². The van der Waals surface area contributed by atoms with Gasteiger partial charge in [0.15, 0.2) is 0 Å². The van der Waals surface area contributed by atoms with Crippen molar-refractivity contribution in [2.75, 3.05) is 45.1 Å². The van der Waals surface area contributed by atoms with E-state index in [1.807, 2.05) is 48.5 Å². The first-order valence-electron chi connectivity index (χ1n) is 9.75. The molecule has 1 aliphatic rings. The van der Waals surface area contributed by atoms with Crippen LogP contribution in [-0.2, 0) is 11.3 Å². The van der Waals surface area contributed by atoms with E-state index in [0.717, 1.165) is 50.5 Å². The first-order chi connectivity index (χ1) is 13.2. The van der Waals surface area contributed by atoms with Gasteiger partial charge in [0.05, 0.1) is 0 Å². The molecule has 2 N–H and O–H groups in total. The van der Waals surface area contributed by atoms with Gasteiger partial charge in [-0.3, -0.25) is 9.69 Å². The van der Waals surface area contributed by atoms with Crippen molar-refractivity contribution in [3.63, 3.8) is 0 Å². The molecule has 2 aromatic rings. The van der Waals surface area contributed by atoms with Gasteiger partial charge in [0, 0.05) is 38.4 Å². The van der Waals surface area contributed by atoms with Crippen LogP contribution in [0.1, 0.15) is 24.1 Å². The number of nitrogens with one attached hydrogen (secondary N) is 2. The summed E-state index contributed by atoms with van der Waals surface area (Å²) in [6.45, 7) is 7.57. The Hall–Kier alpha value is -2.21. The Morgan fingerprint density at radius 1 is 1.04 bits per heavy atom. The molecule has 1 unspecified atom stereocenters. The van der Waals surface area contributed by atoms with Crippen LogP contribution >= 0.6 is 0 Å². The minimum atomic E-state index is -0.266. The number of hydrogen-bond acceptors (Lipinski definition) is 4. The number of nitrogens with zero attached hydrogens (tertiary/aromatic N) is 2. The highest BCUT2D eigenvalue weighted by Crippen LogP contribution is 2.24. The normalized spacial score (nSPS) is 16.8. The summed E-state index contributed by atoms with van der Waals surface area (Å²) in [6, 6.07) is 17.9. The third-order valence-electron chi connectivity index (χ3n) is 5.04. The summed E-state index contributed by atoms with van der Waals surface area (Å²) in [6.07, 6.45) is 0. The second kappa shape index (κ2) is 9.65. The average molecular weight is 367 g/mol. The molecule has 0 spiro atoms. The summed E-state index contributed by atoms with van der Waals surface area (Å²) in [5, 5.41) is 6.47. The van der Waals surface area contributed by atoms with Gasteiger partial charge in [0.25, 0.3) is 0 Å². The van der Waals surface area contributed by atoms with Crippen LogP contribution < -0.4 is 10.6 Å². The molecule has 1 saturated heterocycles. The van der Waals surface area contributed by atoms with Crippen molar-refractivity contribution in [2.45, 2.75) is 19.5 Å². The van der Waals surface area contributed by atoms with E-state index in [1.165, 1.54) is 5.56 Å². The summed E-state index contributed by atoms with van der Waals surface area (Å²) in [7, 11) is 2.13. The molecule has 1 heterocycles. The van der Waals surface area contributed by atoms with E-state index in [1.54, 1.807) is 0 Å². The third-order valence-corrected chi connectivity index (χ3v) is 5.04. The Bertz CT molecular complexity index is 726. The molecule has 0 aliphatic carbocycles. The molecule has 27 heavy (non-hydrogen) atoms. The Morgan fingerprint density at radius 3 is 2.48 bits per heavy atom. The minimum Gasteiger partial charge on any atom is -0.324 e. The fraction of sp³-hybridized carbons (Fsp3) is 0.409. The predicted octanol–water partition coefficient (Wildman–Crippen LogP) is 2.72. The van der Waals surface area contributed by atoms with Gasteiger partial charge in [-0.05, 0) is 36.9 Å². The number of carbonyl (C=O) groups excluding carboxylic acids is 1. The van der Waals surface area contributed by atoms with Gasteiger partial charge in [0.1, 0.15) is 6.04 Å². The lowest BCUT2D eigenvalue weighted by Gasteiger charge is -2.37. The minimum absolute atomic E-state index is 0.0337. The molecule has 1 fully saturated rings. The SMILES string of the molecule is CCNCc1cccc(NC(=O)C(c2ccccc2)N2CCN(C)CC2)c1. The molecule has 5 nitrogen and oxygen atoms in total. The van der Waals surface area contributed by atoms with Crippen molar-refractivity contribution in [3.05, 3.63) is 65.7 Å². The number of likely N-dealkylation sites (N-methyl/N-ethyl adjacent to an activating group) is 1. The van der Waals surface area contributed by atoms with Crippen molar-refractivity contribution >= 4 is 11.6 Å². The molecule has 0 radical (unpaired) electrons. The van der Waals surface area contributed by atoms with Crippen LogP contribution in [0, 0.1) is 0 Å². The number of anilines is 1. The highest BCUT2D eigenvalue weighted by molar-refractivity contribution is 5.95. The van der Waals surface area contributed by atoms with E-state index in [9.17, 15) is 4.79 Å². The first kappa shape index (κ1) is 19.5. The third kappa shape index (κ3) is 5.39. The Morgan fingerprint density at radius 2 is 1.78 bits per heavy atom. The van der Waals surface area contributed by atoms with Crippen molar-refractivity contribution in [1.29, 1.82) is 0 Å². The number of rotatable bonds is 7. The molecule has 0 aromatic heterocycles. The van der Waals surface area contributed by atoms with Crippen LogP contribution in [0.3, 0.4) is 0 Å². The molecule has 144 valence electrons. The molecule has 1 atom stereocenters. The number of piperazine rings is 1. The number of benzene rings is 2. The van der Waals surface area contributed by atoms with Crippen LogP contribution in [0.4, 0.5) is 5.69 Å². The van der Waals surface area contributed by atoms with Crippen molar-refractivity contribution < 1.29 is 4.79 Å². The molecule has 1 aliphatic heterocycles. The lowest BCUT2D eigenvalue weighted by molar-refractivity contribution is -0.122. The van der Waals surface area contributed by atoms with Gasteiger partial charge < -0.3 is 15.5 Å². The summed E-state index contributed by atoms with van der Waals surface area (Å²) >= 11 is 0. The highest BCUT2D eigenvalue weighted by atomic mass is 16.2. The smallest absolute Gasteiger partial charge is 0.246 e. The van der Waals surface area contributed by atoms with Gasteiger partial charge in [-0.25, -0.2) is 0 Å². The molecular formula is C22H30N4O. The zero-order valence-corrected chi connectivity index (χ0v) is 16.3. The molecule has 3 rings (SSSR count). The zero-order valence-electron chi connectivity index (χ0n) is 16.3. The summed E-state index contributed by atoms with van der Waals surface area (Å²) in [5.74, 6) is 0.0337. The second-order valence-corrected chi connectivity index (χ2v) is 7.12. The first-order valence-corrected chi connectivity index (χ1v) is 9.75. The predicted molar refractivity (Wildman–Crippen MR) is 111 cm³/mol. The summed E-state index contributed by atoms with van der Waals surface area (Å²) in [5.41, 5.74) is 3.07. The van der Waals surface area contributed by atoms with E-state index in [0.29, 0.717) is 0 Å².